The summed E-state index contributed by atoms with van der Waals surface area (Å²) in [6, 6.07) is 0.337. The Morgan fingerprint density at radius 3 is 2.83 bits per heavy atom. The number of nitrogens with zero attached hydrogens (tertiary/aromatic N) is 1. The van der Waals surface area contributed by atoms with Gasteiger partial charge in [0, 0.05) is 12.6 Å². The van der Waals surface area contributed by atoms with E-state index < -0.39 is 0 Å². The van der Waals surface area contributed by atoms with Crippen LogP contribution >= 0.6 is 12.4 Å². The first-order chi connectivity index (χ1) is 8.22. The van der Waals surface area contributed by atoms with E-state index in [1.807, 2.05) is 0 Å². The summed E-state index contributed by atoms with van der Waals surface area (Å²) in [5.74, 6) is 0.793. The van der Waals surface area contributed by atoms with Gasteiger partial charge in [-0.3, -0.25) is 9.69 Å². The Labute approximate surface area is 116 Å². The molecular weight excluding hydrogens is 252 g/mol. The zero-order chi connectivity index (χ0) is 12.3. The summed E-state index contributed by atoms with van der Waals surface area (Å²) < 4.78 is 4.86. The number of halogens is 1. The molecule has 0 aromatic rings. The lowest BCUT2D eigenvalue weighted by atomic mass is 9.98. The molecule has 3 unspecified atom stereocenters. The van der Waals surface area contributed by atoms with Crippen LogP contribution in [0.25, 0.3) is 0 Å². The first kappa shape index (κ1) is 15.7. The number of ether oxygens (including phenoxy) is 1. The van der Waals surface area contributed by atoms with Crippen molar-refractivity contribution in [1.29, 1.82) is 0 Å². The van der Waals surface area contributed by atoms with E-state index in [9.17, 15) is 4.79 Å². The van der Waals surface area contributed by atoms with Crippen molar-refractivity contribution in [3.05, 3.63) is 0 Å². The highest BCUT2D eigenvalue weighted by atomic mass is 35.5. The number of carbonyl (C=O) groups excluding carboxylic acids is 1. The number of esters is 1. The summed E-state index contributed by atoms with van der Waals surface area (Å²) in [6.07, 6.45) is 3.56. The standard InChI is InChI=1S/C13H24N2O2.ClH/c1-10-12(13(16)17-2)5-7-15(10)9-11-4-3-6-14-8-11;/h10-12,14H,3-9H2,1-2H3;1H. The van der Waals surface area contributed by atoms with Crippen LogP contribution < -0.4 is 5.32 Å². The van der Waals surface area contributed by atoms with E-state index in [0.29, 0.717) is 6.04 Å². The second-order valence-electron chi connectivity index (χ2n) is 5.37. The van der Waals surface area contributed by atoms with Crippen molar-refractivity contribution in [2.75, 3.05) is 33.3 Å². The number of methoxy groups -OCH3 is 1. The Kier molecular flexibility index (Phi) is 6.39. The highest BCUT2D eigenvalue weighted by Crippen LogP contribution is 2.27. The molecule has 2 aliphatic rings. The Bertz CT molecular complexity index is 270. The molecule has 106 valence electrons. The molecule has 2 fully saturated rings. The minimum absolute atomic E-state index is 0. The predicted octanol–water partition coefficient (Wildman–Crippen LogP) is 1.29. The van der Waals surface area contributed by atoms with Crippen molar-refractivity contribution < 1.29 is 9.53 Å². The average molecular weight is 277 g/mol. The van der Waals surface area contributed by atoms with Gasteiger partial charge in [-0.25, -0.2) is 0 Å². The van der Waals surface area contributed by atoms with Crippen molar-refractivity contribution >= 4 is 18.4 Å². The summed E-state index contributed by atoms with van der Waals surface area (Å²) >= 11 is 0. The highest BCUT2D eigenvalue weighted by molar-refractivity contribution is 5.85. The predicted molar refractivity (Wildman–Crippen MR) is 74.0 cm³/mol. The van der Waals surface area contributed by atoms with E-state index in [-0.39, 0.29) is 24.3 Å². The lowest BCUT2D eigenvalue weighted by Crippen LogP contribution is -2.41. The number of nitrogens with one attached hydrogen (secondary N) is 1. The molecule has 0 aliphatic carbocycles. The van der Waals surface area contributed by atoms with Gasteiger partial charge < -0.3 is 10.1 Å². The highest BCUT2D eigenvalue weighted by Gasteiger charge is 2.37. The molecule has 0 radical (unpaired) electrons. The maximum Gasteiger partial charge on any atom is 0.310 e. The first-order valence-electron chi connectivity index (χ1n) is 6.75. The van der Waals surface area contributed by atoms with Crippen molar-refractivity contribution in [3.8, 4) is 0 Å². The van der Waals surface area contributed by atoms with E-state index >= 15 is 0 Å². The number of piperidine rings is 1. The van der Waals surface area contributed by atoms with Crippen LogP contribution in [0.5, 0.6) is 0 Å². The maximum absolute atomic E-state index is 11.6. The third kappa shape index (κ3) is 3.59. The van der Waals surface area contributed by atoms with Crippen molar-refractivity contribution in [1.82, 2.24) is 10.2 Å². The molecule has 3 atom stereocenters. The van der Waals surface area contributed by atoms with E-state index in [1.165, 1.54) is 20.0 Å². The molecule has 0 saturated carbocycles. The molecule has 2 heterocycles. The van der Waals surface area contributed by atoms with E-state index in [0.717, 1.165) is 38.5 Å². The third-order valence-corrected chi connectivity index (χ3v) is 4.28. The monoisotopic (exact) mass is 276 g/mol. The van der Waals surface area contributed by atoms with Gasteiger partial charge >= 0.3 is 5.97 Å². The van der Waals surface area contributed by atoms with Gasteiger partial charge in [-0.2, -0.15) is 0 Å². The minimum Gasteiger partial charge on any atom is -0.469 e. The molecule has 0 aromatic heterocycles. The van der Waals surface area contributed by atoms with Gasteiger partial charge in [0.15, 0.2) is 0 Å². The van der Waals surface area contributed by atoms with Crippen LogP contribution in [0.1, 0.15) is 26.2 Å². The Balaban J connectivity index is 0.00000162. The van der Waals surface area contributed by atoms with Crippen LogP contribution in [-0.4, -0.2) is 50.2 Å². The van der Waals surface area contributed by atoms with Crippen molar-refractivity contribution in [2.45, 2.75) is 32.2 Å². The normalized spacial score (nSPS) is 32.9. The molecule has 0 spiro atoms. The number of rotatable bonds is 3. The van der Waals surface area contributed by atoms with E-state index in [2.05, 4.69) is 17.1 Å². The van der Waals surface area contributed by atoms with E-state index in [4.69, 9.17) is 4.74 Å². The number of hydrogen-bond donors (Lipinski definition) is 1. The quantitative estimate of drug-likeness (QED) is 0.789. The number of hydrogen-bond acceptors (Lipinski definition) is 4. The molecule has 2 aliphatic heterocycles. The number of likely N-dealkylation sites (tertiary alicyclic amines) is 1. The van der Waals surface area contributed by atoms with Gasteiger partial charge in [-0.05, 0) is 51.7 Å². The van der Waals surface area contributed by atoms with Crippen LogP contribution in [0.3, 0.4) is 0 Å². The first-order valence-corrected chi connectivity index (χ1v) is 6.75. The smallest absolute Gasteiger partial charge is 0.310 e. The second kappa shape index (κ2) is 7.31. The van der Waals surface area contributed by atoms with Crippen LogP contribution in [0.15, 0.2) is 0 Å². The fourth-order valence-corrected chi connectivity index (χ4v) is 3.14. The second-order valence-corrected chi connectivity index (χ2v) is 5.37. The van der Waals surface area contributed by atoms with Crippen molar-refractivity contribution in [2.24, 2.45) is 11.8 Å². The molecule has 2 rings (SSSR count). The average Bonchev–Trinajstić information content (AvgIpc) is 2.72. The molecule has 5 heteroatoms. The largest absolute Gasteiger partial charge is 0.469 e. The molecule has 0 amide bonds. The molecule has 0 aromatic carbocycles. The van der Waals surface area contributed by atoms with Crippen LogP contribution in [-0.2, 0) is 9.53 Å². The summed E-state index contributed by atoms with van der Waals surface area (Å²) in [5, 5.41) is 3.45. The zero-order valence-electron chi connectivity index (χ0n) is 11.4. The summed E-state index contributed by atoms with van der Waals surface area (Å²) in [6.45, 7) is 6.62. The van der Waals surface area contributed by atoms with E-state index in [1.54, 1.807) is 0 Å². The molecule has 4 nitrogen and oxygen atoms in total. The van der Waals surface area contributed by atoms with Gasteiger partial charge in [0.05, 0.1) is 13.0 Å². The lowest BCUT2D eigenvalue weighted by Gasteiger charge is -2.30. The number of carbonyl (C=O) groups is 1. The molecule has 1 N–H and O–H groups in total. The minimum atomic E-state index is -0.0400. The SMILES string of the molecule is COC(=O)C1CCN(CC2CCCNC2)C1C.Cl. The van der Waals surface area contributed by atoms with Gasteiger partial charge in [0.2, 0.25) is 0 Å². The lowest BCUT2D eigenvalue weighted by molar-refractivity contribution is -0.146. The Morgan fingerprint density at radius 1 is 1.44 bits per heavy atom. The van der Waals surface area contributed by atoms with Gasteiger partial charge in [0.1, 0.15) is 0 Å². The van der Waals surface area contributed by atoms with Crippen LogP contribution in [0.4, 0.5) is 0 Å². The maximum atomic E-state index is 11.6. The van der Waals surface area contributed by atoms with Crippen LogP contribution in [0, 0.1) is 11.8 Å². The fourth-order valence-electron chi connectivity index (χ4n) is 3.14. The van der Waals surface area contributed by atoms with Crippen molar-refractivity contribution in [3.63, 3.8) is 0 Å². The summed E-state index contributed by atoms with van der Waals surface area (Å²) in [5.41, 5.74) is 0. The molecule has 0 bridgehead atoms. The molecular formula is C13H25ClN2O2. The van der Waals surface area contributed by atoms with Crippen LogP contribution in [0.2, 0.25) is 0 Å². The fraction of sp³-hybridized carbons (Fsp3) is 0.923. The molecule has 2 saturated heterocycles. The zero-order valence-corrected chi connectivity index (χ0v) is 12.2. The molecule has 18 heavy (non-hydrogen) atoms. The third-order valence-electron chi connectivity index (χ3n) is 4.28. The summed E-state index contributed by atoms with van der Waals surface area (Å²) in [4.78, 5) is 14.1. The Morgan fingerprint density at radius 2 is 2.22 bits per heavy atom. The topological polar surface area (TPSA) is 41.6 Å². The van der Waals surface area contributed by atoms with Gasteiger partial charge in [0.25, 0.3) is 0 Å². The Hall–Kier alpha value is -0.320. The van der Waals surface area contributed by atoms with Gasteiger partial charge in [-0.15, -0.1) is 12.4 Å². The summed E-state index contributed by atoms with van der Waals surface area (Å²) in [7, 11) is 1.49. The van der Waals surface area contributed by atoms with Gasteiger partial charge in [-0.1, -0.05) is 0 Å².